The van der Waals surface area contributed by atoms with E-state index in [2.05, 4.69) is 11.8 Å². The second-order valence-electron chi connectivity index (χ2n) is 2.14. The molecule has 0 aliphatic heterocycles. The van der Waals surface area contributed by atoms with E-state index in [0.29, 0.717) is 0 Å². The van der Waals surface area contributed by atoms with Gasteiger partial charge in [0, 0.05) is 14.1 Å². The van der Waals surface area contributed by atoms with Gasteiger partial charge in [0.05, 0.1) is 0 Å². The minimum atomic E-state index is -0.733. The van der Waals surface area contributed by atoms with Gasteiger partial charge < -0.3 is 10.0 Å². The van der Waals surface area contributed by atoms with Gasteiger partial charge in [-0.15, -0.1) is 0 Å². The van der Waals surface area contributed by atoms with Gasteiger partial charge >= 0.3 is 0 Å². The molecule has 0 saturated heterocycles. The third-order valence-corrected chi connectivity index (χ3v) is 0.794. The molecule has 1 N–H and O–H groups in total. The molecule has 0 radical (unpaired) electrons. The highest BCUT2D eigenvalue weighted by atomic mass is 16.3. The summed E-state index contributed by atoms with van der Waals surface area (Å²) in [5.74, 6) is 4.32. The molecule has 10 heavy (non-hydrogen) atoms. The van der Waals surface area contributed by atoms with Gasteiger partial charge in [-0.3, -0.25) is 4.79 Å². The van der Waals surface area contributed by atoms with Crippen LogP contribution in [0, 0.1) is 11.8 Å². The van der Waals surface area contributed by atoms with Crippen molar-refractivity contribution in [1.82, 2.24) is 4.90 Å². The molecule has 0 aromatic heterocycles. The Balaban J connectivity index is 3.93. The molecule has 0 spiro atoms. The van der Waals surface area contributed by atoms with E-state index in [9.17, 15) is 4.79 Å². The molecule has 0 aromatic carbocycles. The molecule has 3 nitrogen and oxygen atoms in total. The maximum absolute atomic E-state index is 10.7. The Kier molecular flexibility index (Phi) is 3.52. The molecule has 3 heteroatoms. The third-order valence-electron chi connectivity index (χ3n) is 0.794. The largest absolute Gasteiger partial charge is 0.381 e. The van der Waals surface area contributed by atoms with Crippen LogP contribution in [0.4, 0.5) is 0 Å². The van der Waals surface area contributed by atoms with Crippen LogP contribution in [0.15, 0.2) is 0 Å². The summed E-state index contributed by atoms with van der Waals surface area (Å²) in [5.41, 5.74) is 0. The van der Waals surface area contributed by atoms with E-state index in [1.165, 1.54) is 11.8 Å². The average Bonchev–Trinajstić information content (AvgIpc) is 1.82. The highest BCUT2D eigenvalue weighted by Gasteiger charge is 1.96. The van der Waals surface area contributed by atoms with Crippen LogP contribution in [-0.2, 0) is 4.79 Å². The molecule has 1 atom stereocenters. The summed E-state index contributed by atoms with van der Waals surface area (Å²) >= 11 is 0. The predicted molar refractivity (Wildman–Crippen MR) is 38.2 cm³/mol. The van der Waals surface area contributed by atoms with E-state index >= 15 is 0 Å². The highest BCUT2D eigenvalue weighted by molar-refractivity contribution is 5.93. The first-order valence-electron chi connectivity index (χ1n) is 2.95. The summed E-state index contributed by atoms with van der Waals surface area (Å²) in [7, 11) is 3.22. The van der Waals surface area contributed by atoms with E-state index in [0.717, 1.165) is 0 Å². The first kappa shape index (κ1) is 8.99. The maximum Gasteiger partial charge on any atom is 0.298 e. The molecule has 0 bridgehead atoms. The number of aliphatic hydroxyl groups is 1. The fraction of sp³-hybridized carbons (Fsp3) is 0.571. The summed E-state index contributed by atoms with van der Waals surface area (Å²) in [6, 6.07) is 0. The van der Waals surface area contributed by atoms with Crippen LogP contribution in [0.2, 0.25) is 0 Å². The number of carbonyl (C=O) groups excluding carboxylic acids is 1. The minimum Gasteiger partial charge on any atom is -0.381 e. The van der Waals surface area contributed by atoms with Crippen molar-refractivity contribution in [2.75, 3.05) is 14.1 Å². The second-order valence-corrected chi connectivity index (χ2v) is 2.14. The fourth-order valence-corrected chi connectivity index (χ4v) is 0.278. The molecule has 0 aliphatic rings. The van der Waals surface area contributed by atoms with Crippen molar-refractivity contribution >= 4 is 5.91 Å². The Morgan fingerprint density at radius 1 is 1.60 bits per heavy atom. The van der Waals surface area contributed by atoms with Crippen LogP contribution < -0.4 is 0 Å². The first-order valence-corrected chi connectivity index (χ1v) is 2.95. The number of carbonyl (C=O) groups is 1. The molecule has 0 saturated carbocycles. The van der Waals surface area contributed by atoms with E-state index in [1.54, 1.807) is 14.1 Å². The van der Waals surface area contributed by atoms with Gasteiger partial charge in [0.2, 0.25) is 0 Å². The second kappa shape index (κ2) is 3.91. The van der Waals surface area contributed by atoms with Crippen molar-refractivity contribution in [2.24, 2.45) is 0 Å². The van der Waals surface area contributed by atoms with Gasteiger partial charge in [-0.05, 0) is 12.8 Å². The standard InChI is InChI=1S/C7H11NO2/c1-6(9)4-5-7(10)8(2)3/h6,9H,1-3H3. The number of amides is 1. The van der Waals surface area contributed by atoms with Crippen molar-refractivity contribution in [3.63, 3.8) is 0 Å². The molecule has 0 aliphatic carbocycles. The number of hydrogen-bond acceptors (Lipinski definition) is 2. The van der Waals surface area contributed by atoms with Crippen molar-refractivity contribution in [3.8, 4) is 11.8 Å². The van der Waals surface area contributed by atoms with E-state index in [4.69, 9.17) is 5.11 Å². The lowest BCUT2D eigenvalue weighted by atomic mass is 10.4. The topological polar surface area (TPSA) is 40.5 Å². The molecular weight excluding hydrogens is 130 g/mol. The molecule has 0 rings (SSSR count). The summed E-state index contributed by atoms with van der Waals surface area (Å²) in [6.07, 6.45) is -0.733. The molecule has 56 valence electrons. The Hall–Kier alpha value is -1.01. The normalized spacial score (nSPS) is 11.2. The summed E-state index contributed by atoms with van der Waals surface area (Å²) < 4.78 is 0. The lowest BCUT2D eigenvalue weighted by Gasteiger charge is -2.02. The van der Waals surface area contributed by atoms with Gasteiger partial charge in [-0.25, -0.2) is 0 Å². The van der Waals surface area contributed by atoms with Crippen molar-refractivity contribution in [2.45, 2.75) is 13.0 Å². The zero-order chi connectivity index (χ0) is 8.15. The lowest BCUT2D eigenvalue weighted by molar-refractivity contribution is -0.122. The highest BCUT2D eigenvalue weighted by Crippen LogP contribution is 1.77. The van der Waals surface area contributed by atoms with Crippen molar-refractivity contribution < 1.29 is 9.90 Å². The molecule has 1 amide bonds. The van der Waals surface area contributed by atoms with Gasteiger partial charge in [0.25, 0.3) is 5.91 Å². The van der Waals surface area contributed by atoms with Crippen LogP contribution in [0.1, 0.15) is 6.92 Å². The molecule has 0 heterocycles. The van der Waals surface area contributed by atoms with Crippen molar-refractivity contribution in [1.29, 1.82) is 0 Å². The lowest BCUT2D eigenvalue weighted by Crippen LogP contribution is -2.19. The van der Waals surface area contributed by atoms with Crippen molar-refractivity contribution in [3.05, 3.63) is 0 Å². The quantitative estimate of drug-likeness (QED) is 0.460. The molecular formula is C7H11NO2. The van der Waals surface area contributed by atoms with Gasteiger partial charge in [0.15, 0.2) is 0 Å². The Bertz CT molecular complexity index is 174. The number of hydrogen-bond donors (Lipinski definition) is 1. The Labute approximate surface area is 60.6 Å². The van der Waals surface area contributed by atoms with E-state index < -0.39 is 6.10 Å². The van der Waals surface area contributed by atoms with Crippen LogP contribution >= 0.6 is 0 Å². The first-order chi connectivity index (χ1) is 4.54. The number of rotatable bonds is 0. The summed E-state index contributed by atoms with van der Waals surface area (Å²) in [6.45, 7) is 1.51. The van der Waals surface area contributed by atoms with Crippen LogP contribution in [0.5, 0.6) is 0 Å². The van der Waals surface area contributed by atoms with Gasteiger partial charge in [-0.2, -0.15) is 0 Å². The van der Waals surface area contributed by atoms with Crippen LogP contribution in [0.25, 0.3) is 0 Å². The Morgan fingerprint density at radius 2 is 2.10 bits per heavy atom. The SMILES string of the molecule is CC(O)C#CC(=O)N(C)C. The molecule has 0 aromatic rings. The minimum absolute atomic E-state index is 0.291. The smallest absolute Gasteiger partial charge is 0.298 e. The third kappa shape index (κ3) is 3.93. The van der Waals surface area contributed by atoms with Gasteiger partial charge in [0.1, 0.15) is 6.10 Å². The zero-order valence-corrected chi connectivity index (χ0v) is 6.38. The fourth-order valence-electron chi connectivity index (χ4n) is 0.278. The zero-order valence-electron chi connectivity index (χ0n) is 6.38. The molecule has 0 fully saturated rings. The van der Waals surface area contributed by atoms with E-state index in [1.807, 2.05) is 0 Å². The summed E-state index contributed by atoms with van der Waals surface area (Å²) in [5, 5.41) is 8.64. The maximum atomic E-state index is 10.7. The van der Waals surface area contributed by atoms with Gasteiger partial charge in [-0.1, -0.05) is 5.92 Å². The number of nitrogens with zero attached hydrogens (tertiary/aromatic N) is 1. The Morgan fingerprint density at radius 3 is 2.40 bits per heavy atom. The summed E-state index contributed by atoms with van der Waals surface area (Å²) in [4.78, 5) is 12.0. The number of aliphatic hydroxyl groups excluding tert-OH is 1. The average molecular weight is 141 g/mol. The molecule has 1 unspecified atom stereocenters. The predicted octanol–water partition coefficient (Wildman–Crippen LogP) is -0.541. The van der Waals surface area contributed by atoms with Crippen LogP contribution in [-0.4, -0.2) is 36.1 Å². The monoisotopic (exact) mass is 141 g/mol. The van der Waals surface area contributed by atoms with Crippen LogP contribution in [0.3, 0.4) is 0 Å². The van der Waals surface area contributed by atoms with E-state index in [-0.39, 0.29) is 5.91 Å².